The van der Waals surface area contributed by atoms with Gasteiger partial charge in [0.1, 0.15) is 0 Å². The molecule has 0 bridgehead atoms. The molecule has 29 heavy (non-hydrogen) atoms. The second kappa shape index (κ2) is 8.28. The second-order valence-corrected chi connectivity index (χ2v) is 7.56. The number of benzene rings is 2. The van der Waals surface area contributed by atoms with E-state index >= 15 is 0 Å². The van der Waals surface area contributed by atoms with Gasteiger partial charge in [0.2, 0.25) is 5.91 Å². The van der Waals surface area contributed by atoms with Crippen LogP contribution in [0, 0.1) is 0 Å². The van der Waals surface area contributed by atoms with Gasteiger partial charge in [-0.3, -0.25) is 14.2 Å². The molecule has 1 amide bonds. The maximum absolute atomic E-state index is 13.1. The van der Waals surface area contributed by atoms with Gasteiger partial charge in [-0.25, -0.2) is 4.98 Å². The maximum Gasteiger partial charge on any atom is 0.418 e. The molecule has 0 saturated carbocycles. The Hall–Kier alpha value is -2.81. The van der Waals surface area contributed by atoms with Gasteiger partial charge in [-0.1, -0.05) is 36.0 Å². The van der Waals surface area contributed by atoms with Crippen LogP contribution in [0.3, 0.4) is 0 Å². The van der Waals surface area contributed by atoms with Crippen molar-refractivity contribution in [2.24, 2.45) is 0 Å². The van der Waals surface area contributed by atoms with Gasteiger partial charge in [-0.05, 0) is 38.1 Å². The van der Waals surface area contributed by atoms with Crippen LogP contribution in [0.1, 0.15) is 19.4 Å². The van der Waals surface area contributed by atoms with Crippen molar-refractivity contribution in [1.82, 2.24) is 9.55 Å². The summed E-state index contributed by atoms with van der Waals surface area (Å²) in [6.45, 7) is 3.69. The van der Waals surface area contributed by atoms with Crippen LogP contribution in [0.4, 0.5) is 18.9 Å². The highest BCUT2D eigenvalue weighted by Gasteiger charge is 2.34. The van der Waals surface area contributed by atoms with Gasteiger partial charge in [0.15, 0.2) is 5.16 Å². The number of aromatic nitrogens is 2. The summed E-state index contributed by atoms with van der Waals surface area (Å²) in [5.74, 6) is -0.614. The molecule has 1 aromatic heterocycles. The number of para-hydroxylation sites is 2. The summed E-state index contributed by atoms with van der Waals surface area (Å²) in [5.41, 5.74) is -0.952. The van der Waals surface area contributed by atoms with Gasteiger partial charge in [0, 0.05) is 6.54 Å². The normalized spacial score (nSPS) is 12.7. The lowest BCUT2D eigenvalue weighted by Crippen LogP contribution is -2.27. The van der Waals surface area contributed by atoms with E-state index in [1.54, 1.807) is 38.1 Å². The number of alkyl halides is 3. The summed E-state index contributed by atoms with van der Waals surface area (Å²) in [6, 6.07) is 11.7. The zero-order valence-corrected chi connectivity index (χ0v) is 16.5. The average molecular weight is 421 g/mol. The van der Waals surface area contributed by atoms with Crippen LogP contribution < -0.4 is 10.9 Å². The Morgan fingerprint density at radius 2 is 1.83 bits per heavy atom. The SMILES string of the molecule is CCn1c(S[C@H](C)C(=O)Nc2ccccc2C(F)(F)F)nc2ccccc2c1=O. The van der Waals surface area contributed by atoms with Crippen molar-refractivity contribution in [1.29, 1.82) is 0 Å². The number of amides is 1. The lowest BCUT2D eigenvalue weighted by Gasteiger charge is -2.17. The Bertz CT molecular complexity index is 1110. The van der Waals surface area contributed by atoms with E-state index < -0.39 is 22.9 Å². The van der Waals surface area contributed by atoms with E-state index in [2.05, 4.69) is 10.3 Å². The van der Waals surface area contributed by atoms with Gasteiger partial charge < -0.3 is 5.32 Å². The van der Waals surface area contributed by atoms with E-state index in [4.69, 9.17) is 0 Å². The van der Waals surface area contributed by atoms with Crippen molar-refractivity contribution >= 4 is 34.3 Å². The predicted molar refractivity (Wildman–Crippen MR) is 107 cm³/mol. The lowest BCUT2D eigenvalue weighted by atomic mass is 10.1. The van der Waals surface area contributed by atoms with Crippen LogP contribution in [0.25, 0.3) is 10.9 Å². The van der Waals surface area contributed by atoms with Crippen LogP contribution in [0.2, 0.25) is 0 Å². The molecule has 152 valence electrons. The van der Waals surface area contributed by atoms with Crippen molar-refractivity contribution in [2.45, 2.75) is 37.0 Å². The Balaban J connectivity index is 1.87. The van der Waals surface area contributed by atoms with E-state index in [0.717, 1.165) is 17.8 Å². The second-order valence-electron chi connectivity index (χ2n) is 6.25. The molecule has 0 radical (unpaired) electrons. The van der Waals surface area contributed by atoms with E-state index in [0.29, 0.717) is 22.6 Å². The molecule has 3 rings (SSSR count). The monoisotopic (exact) mass is 421 g/mol. The molecule has 5 nitrogen and oxygen atoms in total. The van der Waals surface area contributed by atoms with Crippen LogP contribution in [0.15, 0.2) is 58.5 Å². The number of hydrogen-bond donors (Lipinski definition) is 1. The minimum Gasteiger partial charge on any atom is -0.325 e. The molecular weight excluding hydrogens is 403 g/mol. The first-order chi connectivity index (χ1) is 13.7. The molecule has 1 heterocycles. The molecular formula is C20H18F3N3O2S. The van der Waals surface area contributed by atoms with Gasteiger partial charge in [-0.15, -0.1) is 0 Å². The van der Waals surface area contributed by atoms with Crippen molar-refractivity contribution in [3.05, 3.63) is 64.4 Å². The molecule has 0 fully saturated rings. The van der Waals surface area contributed by atoms with Crippen LogP contribution in [0.5, 0.6) is 0 Å². The number of carbonyl (C=O) groups excluding carboxylic acids is 1. The third-order valence-corrected chi connectivity index (χ3v) is 5.37. The van der Waals surface area contributed by atoms with Crippen LogP contribution in [-0.2, 0) is 17.5 Å². The fraction of sp³-hybridized carbons (Fsp3) is 0.250. The van der Waals surface area contributed by atoms with Gasteiger partial charge in [-0.2, -0.15) is 13.2 Å². The number of rotatable bonds is 5. The number of hydrogen-bond acceptors (Lipinski definition) is 4. The number of thioether (sulfide) groups is 1. The number of nitrogens with zero attached hydrogens (tertiary/aromatic N) is 2. The molecule has 3 aromatic rings. The third kappa shape index (κ3) is 4.45. The molecule has 1 atom stereocenters. The maximum atomic E-state index is 13.1. The minimum atomic E-state index is -4.58. The van der Waals surface area contributed by atoms with Crippen molar-refractivity contribution < 1.29 is 18.0 Å². The highest BCUT2D eigenvalue weighted by Crippen LogP contribution is 2.35. The number of nitrogens with one attached hydrogen (secondary N) is 1. The zero-order valence-electron chi connectivity index (χ0n) is 15.7. The average Bonchev–Trinajstić information content (AvgIpc) is 2.68. The van der Waals surface area contributed by atoms with E-state index in [1.165, 1.54) is 22.8 Å². The van der Waals surface area contributed by atoms with E-state index in [-0.39, 0.29) is 11.2 Å². The molecule has 2 aromatic carbocycles. The first-order valence-corrected chi connectivity index (χ1v) is 9.73. The Kier molecular flexibility index (Phi) is 5.97. The minimum absolute atomic E-state index is 0.226. The van der Waals surface area contributed by atoms with Gasteiger partial charge in [0.25, 0.3) is 5.56 Å². The molecule has 0 spiro atoms. The largest absolute Gasteiger partial charge is 0.418 e. The molecule has 1 N–H and O–H groups in total. The Morgan fingerprint density at radius 3 is 2.52 bits per heavy atom. The first kappa shape index (κ1) is 20.9. The summed E-state index contributed by atoms with van der Waals surface area (Å²) in [4.78, 5) is 29.7. The number of anilines is 1. The Morgan fingerprint density at radius 1 is 1.17 bits per heavy atom. The summed E-state index contributed by atoms with van der Waals surface area (Å²) in [7, 11) is 0. The molecule has 0 aliphatic carbocycles. The van der Waals surface area contributed by atoms with E-state index in [9.17, 15) is 22.8 Å². The van der Waals surface area contributed by atoms with Crippen molar-refractivity contribution in [2.75, 3.05) is 5.32 Å². The molecule has 0 saturated heterocycles. The van der Waals surface area contributed by atoms with Crippen LogP contribution in [-0.4, -0.2) is 20.7 Å². The smallest absolute Gasteiger partial charge is 0.325 e. The van der Waals surface area contributed by atoms with Gasteiger partial charge >= 0.3 is 6.18 Å². The fourth-order valence-corrected chi connectivity index (χ4v) is 3.77. The molecule has 0 unspecified atom stereocenters. The zero-order chi connectivity index (χ0) is 21.2. The van der Waals surface area contributed by atoms with Crippen molar-refractivity contribution in [3.8, 4) is 0 Å². The predicted octanol–water partition coefficient (Wildman–Crippen LogP) is 4.55. The highest BCUT2D eigenvalue weighted by atomic mass is 32.2. The summed E-state index contributed by atoms with van der Waals surface area (Å²) >= 11 is 1.02. The molecule has 0 aliphatic rings. The quantitative estimate of drug-likeness (QED) is 0.485. The Labute approximate surface area is 169 Å². The van der Waals surface area contributed by atoms with Crippen molar-refractivity contribution in [3.63, 3.8) is 0 Å². The fourth-order valence-electron chi connectivity index (χ4n) is 2.80. The standard InChI is InChI=1S/C20H18F3N3O2S/c1-3-26-18(28)13-8-4-6-10-15(13)25-19(26)29-12(2)17(27)24-16-11-7-5-9-14(16)20(21,22)23/h4-12H,3H2,1-2H3,(H,24,27)/t12-/m1/s1. The number of carbonyl (C=O) groups is 1. The molecule has 0 aliphatic heterocycles. The lowest BCUT2D eigenvalue weighted by molar-refractivity contribution is -0.137. The summed E-state index contributed by atoms with van der Waals surface area (Å²) in [5, 5.41) is 2.36. The van der Waals surface area contributed by atoms with Crippen LogP contribution >= 0.6 is 11.8 Å². The first-order valence-electron chi connectivity index (χ1n) is 8.85. The third-order valence-electron chi connectivity index (χ3n) is 4.28. The van der Waals surface area contributed by atoms with E-state index in [1.807, 2.05) is 0 Å². The van der Waals surface area contributed by atoms with Gasteiger partial charge in [0.05, 0.1) is 27.4 Å². The topological polar surface area (TPSA) is 64.0 Å². The highest BCUT2D eigenvalue weighted by molar-refractivity contribution is 8.00. The summed E-state index contributed by atoms with van der Waals surface area (Å²) in [6.07, 6.45) is -4.58. The molecule has 9 heteroatoms. The number of fused-ring (bicyclic) bond motifs is 1. The summed E-state index contributed by atoms with van der Waals surface area (Å²) < 4.78 is 40.8. The number of halogens is 3.